The van der Waals surface area contributed by atoms with Gasteiger partial charge in [-0.05, 0) is 96.1 Å². The molecule has 9 aromatic rings. The molecule has 8 aromatic carbocycles. The first-order valence-electron chi connectivity index (χ1n) is 18.4. The predicted molar refractivity (Wildman–Crippen MR) is 226 cm³/mol. The van der Waals surface area contributed by atoms with Gasteiger partial charge in [0, 0.05) is 33.3 Å². The lowest BCUT2D eigenvalue weighted by molar-refractivity contribution is 1.15. The fraction of sp³-hybridized carbons (Fsp3) is 0.0588. The van der Waals surface area contributed by atoms with E-state index in [9.17, 15) is 0 Å². The molecule has 0 atom stereocenters. The minimum atomic E-state index is 1.10. The molecule has 0 radical (unpaired) electrons. The highest BCUT2D eigenvalue weighted by atomic mass is 15.1. The molecule has 0 saturated carbocycles. The second-order valence-corrected chi connectivity index (χ2v) is 14.0. The summed E-state index contributed by atoms with van der Waals surface area (Å²) in [4.78, 5) is 2.42. The third-order valence-electron chi connectivity index (χ3n) is 10.7. The summed E-state index contributed by atoms with van der Waals surface area (Å²) in [7, 11) is 0. The van der Waals surface area contributed by atoms with Gasteiger partial charge in [-0.25, -0.2) is 0 Å². The van der Waals surface area contributed by atoms with Crippen LogP contribution in [0.25, 0.3) is 60.9 Å². The van der Waals surface area contributed by atoms with E-state index in [4.69, 9.17) is 0 Å². The van der Waals surface area contributed by atoms with Crippen molar-refractivity contribution in [2.24, 2.45) is 0 Å². The van der Waals surface area contributed by atoms with E-state index in [1.165, 1.54) is 77.6 Å². The van der Waals surface area contributed by atoms with Crippen molar-refractivity contribution in [1.29, 1.82) is 0 Å². The van der Waals surface area contributed by atoms with Crippen molar-refractivity contribution >= 4 is 38.9 Å². The van der Waals surface area contributed by atoms with E-state index in [2.05, 4.69) is 218 Å². The second kappa shape index (κ2) is 13.5. The van der Waals surface area contributed by atoms with Gasteiger partial charge in [-0.3, -0.25) is 0 Å². The van der Waals surface area contributed by atoms with Gasteiger partial charge in [0.25, 0.3) is 0 Å². The average Bonchev–Trinajstić information content (AvgIpc) is 3.53. The first kappa shape index (κ1) is 32.3. The number of para-hydroxylation sites is 3. The Kier molecular flexibility index (Phi) is 8.21. The van der Waals surface area contributed by atoms with Crippen LogP contribution < -0.4 is 4.90 Å². The number of rotatable bonds is 7. The van der Waals surface area contributed by atoms with Crippen LogP contribution in [0.2, 0.25) is 0 Å². The normalized spacial score (nSPS) is 11.3. The summed E-state index contributed by atoms with van der Waals surface area (Å²) >= 11 is 0. The molecule has 1 heterocycles. The zero-order valence-electron chi connectivity index (χ0n) is 30.3. The largest absolute Gasteiger partial charge is 0.310 e. The highest BCUT2D eigenvalue weighted by Crippen LogP contribution is 2.44. The summed E-state index contributed by atoms with van der Waals surface area (Å²) in [6.07, 6.45) is 0. The van der Waals surface area contributed by atoms with Crippen molar-refractivity contribution < 1.29 is 0 Å². The smallest absolute Gasteiger partial charge is 0.0569 e. The van der Waals surface area contributed by atoms with Gasteiger partial charge in [0.2, 0.25) is 0 Å². The molecule has 0 amide bonds. The van der Waals surface area contributed by atoms with E-state index in [-0.39, 0.29) is 0 Å². The van der Waals surface area contributed by atoms with Gasteiger partial charge in [-0.15, -0.1) is 0 Å². The van der Waals surface area contributed by atoms with Crippen molar-refractivity contribution in [3.05, 3.63) is 205 Å². The summed E-state index contributed by atoms with van der Waals surface area (Å²) in [5.41, 5.74) is 17.9. The Morgan fingerprint density at radius 2 is 0.962 bits per heavy atom. The molecule has 0 spiro atoms. The van der Waals surface area contributed by atoms with Crippen molar-refractivity contribution in [2.45, 2.75) is 20.8 Å². The quantitative estimate of drug-likeness (QED) is 0.163. The minimum Gasteiger partial charge on any atom is -0.310 e. The molecular weight excluding hydrogens is 641 g/mol. The maximum atomic E-state index is 2.49. The fourth-order valence-electron chi connectivity index (χ4n) is 7.83. The Bertz CT molecular complexity index is 2740. The molecule has 0 aliphatic carbocycles. The first-order valence-corrected chi connectivity index (χ1v) is 18.4. The molecule has 0 aliphatic heterocycles. The zero-order chi connectivity index (χ0) is 35.9. The highest BCUT2D eigenvalue weighted by Gasteiger charge is 2.22. The summed E-state index contributed by atoms with van der Waals surface area (Å²) in [5.74, 6) is 0. The number of fused-ring (bicyclic) bond motifs is 3. The van der Waals surface area contributed by atoms with Crippen LogP contribution in [0.5, 0.6) is 0 Å². The SMILES string of the molecule is Cc1ccc(-c2cccc(C)c2-n2c3ccccc3c3ccc(N(c4ccc(-c5ccccc5)cc4)c4ccccc4-c4ccccc4)cc32)cc1C. The number of anilines is 3. The van der Waals surface area contributed by atoms with E-state index in [1.54, 1.807) is 0 Å². The summed E-state index contributed by atoms with van der Waals surface area (Å²) in [6.45, 7) is 6.62. The van der Waals surface area contributed by atoms with Gasteiger partial charge in [-0.1, -0.05) is 152 Å². The Labute approximate surface area is 311 Å². The second-order valence-electron chi connectivity index (χ2n) is 14.0. The number of aromatic nitrogens is 1. The monoisotopic (exact) mass is 680 g/mol. The Morgan fingerprint density at radius 1 is 0.358 bits per heavy atom. The standard InChI is InChI=1S/C51H40N2/c1-35-25-26-41(33-37(35)3)45-22-14-15-36(2)51(45)53-49-24-13-11-21-46(49)47-32-31-43(34-50(47)53)52(42-29-27-39(28-30-42)38-16-6-4-7-17-38)48-23-12-10-20-44(48)40-18-8-5-9-19-40/h4-34H,1-3H3. The lowest BCUT2D eigenvalue weighted by Crippen LogP contribution is -2.11. The van der Waals surface area contributed by atoms with Gasteiger partial charge in [0.15, 0.2) is 0 Å². The molecule has 0 N–H and O–H groups in total. The van der Waals surface area contributed by atoms with Gasteiger partial charge < -0.3 is 9.47 Å². The predicted octanol–water partition coefficient (Wildman–Crippen LogP) is 14.2. The lowest BCUT2D eigenvalue weighted by atomic mass is 9.97. The average molecular weight is 681 g/mol. The van der Waals surface area contributed by atoms with Gasteiger partial charge >= 0.3 is 0 Å². The Hall–Kier alpha value is -6.64. The van der Waals surface area contributed by atoms with Gasteiger partial charge in [0.05, 0.1) is 22.4 Å². The van der Waals surface area contributed by atoms with E-state index in [1.807, 2.05) is 0 Å². The molecule has 0 bridgehead atoms. The zero-order valence-corrected chi connectivity index (χ0v) is 30.3. The van der Waals surface area contributed by atoms with Crippen molar-refractivity contribution in [1.82, 2.24) is 4.57 Å². The summed E-state index contributed by atoms with van der Waals surface area (Å²) < 4.78 is 2.49. The van der Waals surface area contributed by atoms with Crippen molar-refractivity contribution in [2.75, 3.05) is 4.90 Å². The Morgan fingerprint density at radius 3 is 1.74 bits per heavy atom. The first-order chi connectivity index (χ1) is 26.0. The van der Waals surface area contributed by atoms with Crippen LogP contribution in [0.3, 0.4) is 0 Å². The van der Waals surface area contributed by atoms with E-state index in [0.29, 0.717) is 0 Å². The fourth-order valence-corrected chi connectivity index (χ4v) is 7.83. The lowest BCUT2D eigenvalue weighted by Gasteiger charge is -2.28. The molecule has 0 saturated heterocycles. The van der Waals surface area contributed by atoms with Crippen LogP contribution in [0.4, 0.5) is 17.1 Å². The molecule has 254 valence electrons. The van der Waals surface area contributed by atoms with Crippen molar-refractivity contribution in [3.8, 4) is 39.1 Å². The van der Waals surface area contributed by atoms with Gasteiger partial charge in [0.1, 0.15) is 0 Å². The van der Waals surface area contributed by atoms with Crippen LogP contribution in [-0.4, -0.2) is 4.57 Å². The molecule has 53 heavy (non-hydrogen) atoms. The molecule has 0 fully saturated rings. The number of hydrogen-bond acceptors (Lipinski definition) is 1. The molecule has 2 nitrogen and oxygen atoms in total. The van der Waals surface area contributed by atoms with E-state index >= 15 is 0 Å². The molecule has 0 unspecified atom stereocenters. The van der Waals surface area contributed by atoms with Crippen LogP contribution in [-0.2, 0) is 0 Å². The van der Waals surface area contributed by atoms with Crippen molar-refractivity contribution in [3.63, 3.8) is 0 Å². The number of hydrogen-bond donors (Lipinski definition) is 0. The molecular formula is C51H40N2. The minimum absolute atomic E-state index is 1.10. The van der Waals surface area contributed by atoms with E-state index in [0.717, 1.165) is 17.1 Å². The summed E-state index contributed by atoms with van der Waals surface area (Å²) in [5, 5.41) is 2.47. The summed E-state index contributed by atoms with van der Waals surface area (Å²) in [6, 6.07) is 68.4. The van der Waals surface area contributed by atoms with Crippen LogP contribution in [0, 0.1) is 20.8 Å². The van der Waals surface area contributed by atoms with E-state index < -0.39 is 0 Å². The van der Waals surface area contributed by atoms with Crippen LogP contribution in [0.15, 0.2) is 188 Å². The molecule has 1 aromatic heterocycles. The van der Waals surface area contributed by atoms with Gasteiger partial charge in [-0.2, -0.15) is 0 Å². The third-order valence-corrected chi connectivity index (χ3v) is 10.7. The third kappa shape index (κ3) is 5.79. The number of nitrogens with zero attached hydrogens (tertiary/aromatic N) is 2. The Balaban J connectivity index is 1.30. The molecule has 9 rings (SSSR count). The van der Waals surface area contributed by atoms with Crippen LogP contribution >= 0.6 is 0 Å². The number of benzene rings is 8. The molecule has 0 aliphatic rings. The van der Waals surface area contributed by atoms with Crippen LogP contribution in [0.1, 0.15) is 16.7 Å². The maximum Gasteiger partial charge on any atom is 0.0569 e. The number of aryl methyl sites for hydroxylation is 3. The highest BCUT2D eigenvalue weighted by molar-refractivity contribution is 6.11. The maximum absolute atomic E-state index is 2.49. The topological polar surface area (TPSA) is 8.17 Å². The molecule has 2 heteroatoms.